The summed E-state index contributed by atoms with van der Waals surface area (Å²) in [6, 6.07) is 0. The smallest absolute Gasteiger partial charge is 0.172 e. The lowest BCUT2D eigenvalue weighted by atomic mass is 9.55. The quantitative estimate of drug-likeness (QED) is 0.693. The minimum atomic E-state index is -0.920. The van der Waals surface area contributed by atoms with E-state index >= 15 is 0 Å². The van der Waals surface area contributed by atoms with E-state index in [4.69, 9.17) is 14.9 Å². The Balaban J connectivity index is 1.49. The van der Waals surface area contributed by atoms with Gasteiger partial charge in [0, 0.05) is 24.0 Å². The molecule has 1 heterocycles. The van der Waals surface area contributed by atoms with Gasteiger partial charge in [-0.25, -0.2) is 0 Å². The molecule has 5 aliphatic rings. The Morgan fingerprint density at radius 2 is 1.96 bits per heavy atom. The third kappa shape index (κ3) is 2.10. The number of aliphatic hydroxyl groups is 1. The zero-order chi connectivity index (χ0) is 18.2. The maximum atomic E-state index is 11.3. The van der Waals surface area contributed by atoms with Gasteiger partial charge in [0.2, 0.25) is 0 Å². The first-order valence-corrected chi connectivity index (χ1v) is 10.4. The van der Waals surface area contributed by atoms with Crippen LogP contribution >= 0.6 is 0 Å². The van der Waals surface area contributed by atoms with Crippen LogP contribution in [-0.2, 0) is 9.47 Å². The summed E-state index contributed by atoms with van der Waals surface area (Å²) >= 11 is 0. The maximum Gasteiger partial charge on any atom is 0.172 e. The van der Waals surface area contributed by atoms with Crippen LogP contribution in [0.3, 0.4) is 0 Å². The van der Waals surface area contributed by atoms with Gasteiger partial charge in [0.1, 0.15) is 5.60 Å². The first kappa shape index (κ1) is 17.2. The summed E-state index contributed by atoms with van der Waals surface area (Å²) in [6.07, 6.45) is 10.4. The molecule has 3 unspecified atom stereocenters. The number of allylic oxidation sites excluding steroid dienone is 3. The molecule has 26 heavy (non-hydrogen) atoms. The summed E-state index contributed by atoms with van der Waals surface area (Å²) in [4.78, 5) is 0. The molecule has 5 rings (SSSR count). The van der Waals surface area contributed by atoms with Crippen molar-refractivity contribution in [2.24, 2.45) is 17.3 Å². The van der Waals surface area contributed by atoms with Crippen molar-refractivity contribution in [3.63, 3.8) is 0 Å². The van der Waals surface area contributed by atoms with Crippen LogP contribution in [0.4, 0.5) is 0 Å². The second-order valence-corrected chi connectivity index (χ2v) is 9.42. The molecular formula is C22H31NO3. The molecule has 4 aliphatic carbocycles. The van der Waals surface area contributed by atoms with Gasteiger partial charge in [0.25, 0.3) is 0 Å². The second-order valence-electron chi connectivity index (χ2n) is 9.42. The Kier molecular flexibility index (Phi) is 3.64. The van der Waals surface area contributed by atoms with Gasteiger partial charge < -0.3 is 20.0 Å². The van der Waals surface area contributed by atoms with E-state index in [1.54, 1.807) is 23.6 Å². The van der Waals surface area contributed by atoms with Gasteiger partial charge in [0.15, 0.2) is 5.79 Å². The fraction of sp³-hybridized carbons (Fsp3) is 0.773. The van der Waals surface area contributed by atoms with E-state index in [1.165, 1.54) is 6.42 Å². The van der Waals surface area contributed by atoms with E-state index in [-0.39, 0.29) is 11.2 Å². The van der Waals surface area contributed by atoms with Crippen molar-refractivity contribution in [1.29, 1.82) is 5.41 Å². The first-order valence-electron chi connectivity index (χ1n) is 10.4. The lowest BCUT2D eigenvalue weighted by Crippen LogP contribution is -2.52. The average molecular weight is 357 g/mol. The summed E-state index contributed by atoms with van der Waals surface area (Å²) in [5.41, 5.74) is 4.05. The highest BCUT2D eigenvalue weighted by Crippen LogP contribution is 2.63. The van der Waals surface area contributed by atoms with E-state index < -0.39 is 5.60 Å². The van der Waals surface area contributed by atoms with Gasteiger partial charge in [-0.3, -0.25) is 0 Å². The second kappa shape index (κ2) is 5.52. The van der Waals surface area contributed by atoms with Crippen LogP contribution in [-0.4, -0.2) is 35.4 Å². The number of rotatable bonds is 1. The monoisotopic (exact) mass is 357 g/mol. The molecule has 0 radical (unpaired) electrons. The molecular weight excluding hydrogens is 326 g/mol. The molecule has 1 aliphatic heterocycles. The molecule has 142 valence electrons. The van der Waals surface area contributed by atoms with E-state index in [0.29, 0.717) is 17.5 Å². The molecule has 0 bridgehead atoms. The molecule has 0 amide bonds. The highest BCUT2D eigenvalue weighted by atomic mass is 16.7. The Morgan fingerprint density at radius 3 is 2.69 bits per heavy atom. The van der Waals surface area contributed by atoms with E-state index in [1.807, 2.05) is 0 Å². The average Bonchev–Trinajstić information content (AvgIpc) is 3.18. The predicted octanol–water partition coefficient (Wildman–Crippen LogP) is 4.14. The lowest BCUT2D eigenvalue weighted by Gasteiger charge is -2.51. The Morgan fingerprint density at radius 1 is 1.19 bits per heavy atom. The van der Waals surface area contributed by atoms with Crippen LogP contribution < -0.4 is 0 Å². The molecule has 1 saturated heterocycles. The highest BCUT2D eigenvalue weighted by molar-refractivity contribution is 5.89. The largest absolute Gasteiger partial charge is 0.383 e. The van der Waals surface area contributed by atoms with Crippen molar-refractivity contribution in [2.45, 2.75) is 76.6 Å². The Bertz CT molecular complexity index is 717. The van der Waals surface area contributed by atoms with E-state index in [0.717, 1.165) is 58.2 Å². The molecule has 1 spiro atoms. The fourth-order valence-corrected chi connectivity index (χ4v) is 6.92. The molecule has 0 aromatic heterocycles. The van der Waals surface area contributed by atoms with Crippen molar-refractivity contribution in [1.82, 2.24) is 0 Å². The van der Waals surface area contributed by atoms with Gasteiger partial charge in [-0.15, -0.1) is 0 Å². The normalized spacial score (nSPS) is 43.7. The third-order valence-electron chi connectivity index (χ3n) is 8.42. The summed E-state index contributed by atoms with van der Waals surface area (Å²) in [5.74, 6) is 0.720. The van der Waals surface area contributed by atoms with Crippen LogP contribution in [0.1, 0.15) is 65.2 Å². The van der Waals surface area contributed by atoms with Gasteiger partial charge >= 0.3 is 0 Å². The van der Waals surface area contributed by atoms with Gasteiger partial charge in [-0.2, -0.15) is 0 Å². The SMILES string of the molecule is CC(=N)[C@@]1(O)CCC2C3CCC4=C(CCC5(C4)OCCO5)C3=CCC21C. The van der Waals surface area contributed by atoms with E-state index in [9.17, 15) is 5.11 Å². The predicted molar refractivity (Wildman–Crippen MR) is 100 cm³/mol. The fourth-order valence-electron chi connectivity index (χ4n) is 6.92. The first-order chi connectivity index (χ1) is 12.4. The lowest BCUT2D eigenvalue weighted by molar-refractivity contribution is -0.164. The minimum absolute atomic E-state index is 0.182. The van der Waals surface area contributed by atoms with Crippen LogP contribution in [0.15, 0.2) is 22.8 Å². The number of hydrogen-bond acceptors (Lipinski definition) is 4. The molecule has 1 saturated carbocycles. The van der Waals surface area contributed by atoms with Gasteiger partial charge in [-0.1, -0.05) is 18.6 Å². The zero-order valence-corrected chi connectivity index (χ0v) is 16.1. The van der Waals surface area contributed by atoms with Crippen molar-refractivity contribution in [2.75, 3.05) is 13.2 Å². The maximum absolute atomic E-state index is 11.3. The summed E-state index contributed by atoms with van der Waals surface area (Å²) < 4.78 is 11.9. The highest BCUT2D eigenvalue weighted by Gasteiger charge is 2.61. The standard InChI is InChI=1S/C22H31NO3/c1-14(23)22(24)10-7-19-18-4-3-15-13-21(25-11-12-26-21)9-6-16(15)17(18)5-8-20(19,22)2/h5,18-19,23-24H,3-4,6-13H2,1-2H3/t18?,19?,20?,22-/m0/s1. The summed E-state index contributed by atoms with van der Waals surface area (Å²) in [7, 11) is 0. The molecule has 4 atom stereocenters. The number of hydrogen-bond donors (Lipinski definition) is 2. The van der Waals surface area contributed by atoms with Crippen molar-refractivity contribution < 1.29 is 14.6 Å². The zero-order valence-electron chi connectivity index (χ0n) is 16.1. The Hall–Kier alpha value is -0.970. The molecule has 4 nitrogen and oxygen atoms in total. The van der Waals surface area contributed by atoms with Crippen molar-refractivity contribution in [3.8, 4) is 0 Å². The minimum Gasteiger partial charge on any atom is -0.383 e. The van der Waals surface area contributed by atoms with Crippen LogP contribution in [0.2, 0.25) is 0 Å². The summed E-state index contributed by atoms with van der Waals surface area (Å²) in [5, 5.41) is 19.5. The topological polar surface area (TPSA) is 62.5 Å². The molecule has 2 N–H and O–H groups in total. The van der Waals surface area contributed by atoms with Crippen LogP contribution in [0.25, 0.3) is 0 Å². The molecule has 0 aromatic rings. The van der Waals surface area contributed by atoms with Gasteiger partial charge in [0.05, 0.1) is 13.2 Å². The Labute approximate surface area is 156 Å². The third-order valence-corrected chi connectivity index (χ3v) is 8.42. The molecule has 2 fully saturated rings. The number of ether oxygens (including phenoxy) is 2. The number of nitrogens with one attached hydrogen (secondary N) is 1. The van der Waals surface area contributed by atoms with Crippen molar-refractivity contribution in [3.05, 3.63) is 22.8 Å². The van der Waals surface area contributed by atoms with Crippen molar-refractivity contribution >= 4 is 5.71 Å². The van der Waals surface area contributed by atoms with E-state index in [2.05, 4.69) is 13.0 Å². The molecule has 0 aromatic carbocycles. The summed E-state index contributed by atoms with van der Waals surface area (Å²) in [6.45, 7) is 5.48. The van der Waals surface area contributed by atoms with Gasteiger partial charge in [-0.05, 0) is 68.4 Å². The number of fused-ring (bicyclic) bond motifs is 4. The molecule has 4 heteroatoms. The van der Waals surface area contributed by atoms with Crippen LogP contribution in [0.5, 0.6) is 0 Å². The van der Waals surface area contributed by atoms with Crippen LogP contribution in [0, 0.1) is 22.7 Å².